The van der Waals surface area contributed by atoms with E-state index in [0.717, 1.165) is 12.2 Å². The van der Waals surface area contributed by atoms with Crippen LogP contribution < -0.4 is 0 Å². The van der Waals surface area contributed by atoms with Crippen molar-refractivity contribution in [1.82, 2.24) is 14.5 Å². The van der Waals surface area contributed by atoms with Gasteiger partial charge < -0.3 is 4.57 Å². The number of fused-ring (bicyclic) bond motifs is 1. The summed E-state index contributed by atoms with van der Waals surface area (Å²) in [5.74, 6) is 0. The molecule has 3 heterocycles. The monoisotopic (exact) mass is 209 g/mol. The number of hydrogen-bond donors (Lipinski definition) is 0. The van der Waals surface area contributed by atoms with Crippen LogP contribution in [0.4, 0.5) is 0 Å². The summed E-state index contributed by atoms with van der Waals surface area (Å²) in [5.41, 5.74) is 2.21. The van der Waals surface area contributed by atoms with Crippen molar-refractivity contribution >= 4 is 11.0 Å². The van der Waals surface area contributed by atoms with Crippen LogP contribution in [-0.2, 0) is 6.54 Å². The van der Waals surface area contributed by atoms with E-state index in [9.17, 15) is 0 Å². The maximum absolute atomic E-state index is 4.38. The Bertz CT molecular complexity index is 599. The molecule has 0 saturated heterocycles. The zero-order valence-electron chi connectivity index (χ0n) is 8.74. The van der Waals surface area contributed by atoms with Gasteiger partial charge in [-0.3, -0.25) is 4.98 Å². The lowest BCUT2D eigenvalue weighted by atomic mass is 10.3. The Morgan fingerprint density at radius 2 is 2.00 bits per heavy atom. The number of nitrogens with zero attached hydrogens (tertiary/aromatic N) is 3. The standard InChI is InChI=1S/C13H11N3/c1-3-11(9-14-6-1)10-16-8-5-12-4-2-7-15-13(12)16/h1-9H,10H2. The molecule has 78 valence electrons. The van der Waals surface area contributed by atoms with Gasteiger partial charge in [0.15, 0.2) is 0 Å². The van der Waals surface area contributed by atoms with Gasteiger partial charge in [0.05, 0.1) is 6.54 Å². The Hall–Kier alpha value is -2.16. The first-order valence-corrected chi connectivity index (χ1v) is 5.22. The molecule has 3 nitrogen and oxygen atoms in total. The first-order valence-electron chi connectivity index (χ1n) is 5.22. The van der Waals surface area contributed by atoms with Crippen LogP contribution in [-0.4, -0.2) is 14.5 Å². The second-order valence-corrected chi connectivity index (χ2v) is 3.72. The summed E-state index contributed by atoms with van der Waals surface area (Å²) in [6, 6.07) is 10.1. The van der Waals surface area contributed by atoms with Crippen LogP contribution in [0, 0.1) is 0 Å². The molecule has 0 fully saturated rings. The first kappa shape index (κ1) is 9.09. The Kier molecular flexibility index (Phi) is 2.14. The molecule has 0 aliphatic carbocycles. The van der Waals surface area contributed by atoms with Gasteiger partial charge in [-0.1, -0.05) is 6.07 Å². The van der Waals surface area contributed by atoms with Crippen molar-refractivity contribution in [3.63, 3.8) is 0 Å². The molecular weight excluding hydrogens is 198 g/mol. The molecule has 0 aliphatic rings. The smallest absolute Gasteiger partial charge is 0.140 e. The minimum absolute atomic E-state index is 0.814. The molecule has 0 aliphatic heterocycles. The van der Waals surface area contributed by atoms with Gasteiger partial charge in [0.25, 0.3) is 0 Å². The molecule has 0 unspecified atom stereocenters. The van der Waals surface area contributed by atoms with Gasteiger partial charge in [-0.2, -0.15) is 0 Å². The summed E-state index contributed by atoms with van der Waals surface area (Å²) in [7, 11) is 0. The van der Waals surface area contributed by atoms with Gasteiger partial charge >= 0.3 is 0 Å². The molecule has 0 N–H and O–H groups in total. The van der Waals surface area contributed by atoms with Gasteiger partial charge in [-0.25, -0.2) is 4.98 Å². The molecule has 16 heavy (non-hydrogen) atoms. The Morgan fingerprint density at radius 3 is 2.88 bits per heavy atom. The molecule has 3 aromatic rings. The largest absolute Gasteiger partial charge is 0.328 e. The molecule has 0 atom stereocenters. The summed E-state index contributed by atoms with van der Waals surface area (Å²) in [6.07, 6.45) is 7.55. The number of aromatic nitrogens is 3. The fourth-order valence-electron chi connectivity index (χ4n) is 1.84. The van der Waals surface area contributed by atoms with Crippen molar-refractivity contribution in [1.29, 1.82) is 0 Å². The highest BCUT2D eigenvalue weighted by Crippen LogP contribution is 2.13. The maximum Gasteiger partial charge on any atom is 0.140 e. The van der Waals surface area contributed by atoms with Crippen molar-refractivity contribution < 1.29 is 0 Å². The molecule has 0 radical (unpaired) electrons. The molecule has 0 bridgehead atoms. The van der Waals surface area contributed by atoms with Crippen LogP contribution in [0.1, 0.15) is 5.56 Å². The van der Waals surface area contributed by atoms with E-state index < -0.39 is 0 Å². The lowest BCUT2D eigenvalue weighted by Crippen LogP contribution is -1.98. The van der Waals surface area contributed by atoms with Crippen molar-refractivity contribution in [2.24, 2.45) is 0 Å². The summed E-state index contributed by atoms with van der Waals surface area (Å²) in [6.45, 7) is 0.814. The highest BCUT2D eigenvalue weighted by Gasteiger charge is 2.01. The summed E-state index contributed by atoms with van der Waals surface area (Å²) in [4.78, 5) is 8.49. The van der Waals surface area contributed by atoms with Crippen LogP contribution in [0.2, 0.25) is 0 Å². The molecule has 3 heteroatoms. The van der Waals surface area contributed by atoms with E-state index in [1.54, 1.807) is 6.20 Å². The molecule has 0 spiro atoms. The van der Waals surface area contributed by atoms with E-state index in [-0.39, 0.29) is 0 Å². The topological polar surface area (TPSA) is 30.7 Å². The molecule has 3 aromatic heterocycles. The highest BCUT2D eigenvalue weighted by molar-refractivity contribution is 5.75. The molecule has 0 saturated carbocycles. The number of rotatable bonds is 2. The summed E-state index contributed by atoms with van der Waals surface area (Å²) in [5, 5.41) is 1.17. The minimum atomic E-state index is 0.814. The SMILES string of the molecule is c1cncc(Cn2ccc3cccnc32)c1. The van der Waals surface area contributed by atoms with E-state index in [4.69, 9.17) is 0 Å². The van der Waals surface area contributed by atoms with Crippen LogP contribution in [0.5, 0.6) is 0 Å². The average molecular weight is 209 g/mol. The normalized spacial score (nSPS) is 10.8. The lowest BCUT2D eigenvalue weighted by Gasteiger charge is -2.03. The van der Waals surface area contributed by atoms with E-state index >= 15 is 0 Å². The third kappa shape index (κ3) is 1.56. The number of hydrogen-bond acceptors (Lipinski definition) is 2. The van der Waals surface area contributed by atoms with Crippen molar-refractivity contribution in [3.05, 3.63) is 60.7 Å². The summed E-state index contributed by atoms with van der Waals surface area (Å²) >= 11 is 0. The van der Waals surface area contributed by atoms with Gasteiger partial charge in [-0.05, 0) is 29.8 Å². The van der Waals surface area contributed by atoms with Crippen LogP contribution in [0.25, 0.3) is 11.0 Å². The molecule has 0 aromatic carbocycles. The first-order chi connectivity index (χ1) is 7.93. The predicted molar refractivity (Wildman–Crippen MR) is 63.1 cm³/mol. The van der Waals surface area contributed by atoms with Crippen LogP contribution in [0.15, 0.2) is 55.1 Å². The Labute approximate surface area is 93.4 Å². The van der Waals surface area contributed by atoms with E-state index in [0.29, 0.717) is 0 Å². The van der Waals surface area contributed by atoms with Crippen molar-refractivity contribution in [2.75, 3.05) is 0 Å². The lowest BCUT2D eigenvalue weighted by molar-refractivity contribution is 0.820. The van der Waals surface area contributed by atoms with Gasteiger partial charge in [-0.15, -0.1) is 0 Å². The Morgan fingerprint density at radius 1 is 1.06 bits per heavy atom. The second-order valence-electron chi connectivity index (χ2n) is 3.72. The van der Waals surface area contributed by atoms with E-state index in [2.05, 4.69) is 38.9 Å². The average Bonchev–Trinajstić information content (AvgIpc) is 2.74. The van der Waals surface area contributed by atoms with E-state index in [1.165, 1.54) is 10.9 Å². The van der Waals surface area contributed by atoms with Crippen molar-refractivity contribution in [2.45, 2.75) is 6.54 Å². The number of pyridine rings is 2. The molecule has 3 rings (SSSR count). The third-order valence-electron chi connectivity index (χ3n) is 2.60. The van der Waals surface area contributed by atoms with Gasteiger partial charge in [0.1, 0.15) is 5.65 Å². The predicted octanol–water partition coefficient (Wildman–Crippen LogP) is 2.48. The van der Waals surface area contributed by atoms with Crippen molar-refractivity contribution in [3.8, 4) is 0 Å². The summed E-state index contributed by atoms with van der Waals surface area (Å²) < 4.78 is 2.13. The zero-order chi connectivity index (χ0) is 10.8. The van der Waals surface area contributed by atoms with E-state index in [1.807, 2.05) is 24.5 Å². The van der Waals surface area contributed by atoms with Gasteiger partial charge in [0.2, 0.25) is 0 Å². The zero-order valence-corrected chi connectivity index (χ0v) is 8.74. The van der Waals surface area contributed by atoms with Crippen LogP contribution >= 0.6 is 0 Å². The van der Waals surface area contributed by atoms with Gasteiger partial charge in [0, 0.05) is 30.2 Å². The fourth-order valence-corrected chi connectivity index (χ4v) is 1.84. The van der Waals surface area contributed by atoms with Crippen LogP contribution in [0.3, 0.4) is 0 Å². The molecular formula is C13H11N3. The minimum Gasteiger partial charge on any atom is -0.328 e. The quantitative estimate of drug-likeness (QED) is 0.649. The molecule has 0 amide bonds. The fraction of sp³-hybridized carbons (Fsp3) is 0.0769. The second kappa shape index (κ2) is 3.77. The Balaban J connectivity index is 2.01. The maximum atomic E-state index is 4.38. The highest BCUT2D eigenvalue weighted by atomic mass is 15.0. The third-order valence-corrected chi connectivity index (χ3v) is 2.60.